The monoisotopic (exact) mass is 425 g/mol. The van der Waals surface area contributed by atoms with Gasteiger partial charge in [-0.25, -0.2) is 4.68 Å². The zero-order valence-corrected chi connectivity index (χ0v) is 17.9. The molecule has 1 atom stereocenters. The number of nitrogens with one attached hydrogen (secondary N) is 1. The lowest BCUT2D eigenvalue weighted by atomic mass is 9.94. The van der Waals surface area contributed by atoms with Crippen molar-refractivity contribution in [3.05, 3.63) is 57.7 Å². The molecule has 1 aliphatic carbocycles. The van der Waals surface area contributed by atoms with E-state index in [4.69, 9.17) is 17.3 Å². The second kappa shape index (κ2) is 7.51. The SMILES string of the molecule is CNC(=O)[C@H]1Cc2ccccc2CN1Cn1nc(-c2cccs2)n(C2CC2)c1=S. The third kappa shape index (κ3) is 3.45. The van der Waals surface area contributed by atoms with Crippen LogP contribution in [0.2, 0.25) is 0 Å². The fourth-order valence-corrected chi connectivity index (χ4v) is 5.11. The van der Waals surface area contributed by atoms with Crippen LogP contribution in [0.4, 0.5) is 0 Å². The lowest BCUT2D eigenvalue weighted by molar-refractivity contribution is -0.127. The number of rotatable bonds is 5. The zero-order chi connectivity index (χ0) is 20.0. The summed E-state index contributed by atoms with van der Waals surface area (Å²) in [6.07, 6.45) is 3.00. The van der Waals surface area contributed by atoms with Gasteiger partial charge in [0.25, 0.3) is 0 Å². The standard InChI is InChI=1S/C21H23N5OS2/c1-22-20(27)17-11-14-5-2-3-6-15(14)12-24(17)13-25-21(28)26(16-8-9-16)19(23-25)18-7-4-10-29-18/h2-7,10,16-17H,8-9,11-13H2,1H3,(H,22,27)/t17-/m1/s1. The van der Waals surface area contributed by atoms with E-state index in [1.165, 1.54) is 11.1 Å². The predicted octanol–water partition coefficient (Wildman–Crippen LogP) is 3.61. The molecule has 5 rings (SSSR count). The Morgan fingerprint density at radius 1 is 1.24 bits per heavy atom. The van der Waals surface area contributed by atoms with E-state index < -0.39 is 0 Å². The van der Waals surface area contributed by atoms with Gasteiger partial charge in [0.05, 0.1) is 17.6 Å². The molecular formula is C21H23N5OS2. The number of hydrogen-bond acceptors (Lipinski definition) is 5. The van der Waals surface area contributed by atoms with Gasteiger partial charge in [-0.1, -0.05) is 30.3 Å². The van der Waals surface area contributed by atoms with Crippen molar-refractivity contribution in [2.24, 2.45) is 0 Å². The molecule has 1 aromatic carbocycles. The van der Waals surface area contributed by atoms with Gasteiger partial charge in [-0.3, -0.25) is 14.3 Å². The Morgan fingerprint density at radius 3 is 2.72 bits per heavy atom. The summed E-state index contributed by atoms with van der Waals surface area (Å²) in [4.78, 5) is 15.9. The van der Waals surface area contributed by atoms with Gasteiger partial charge in [0.1, 0.15) is 0 Å². The predicted molar refractivity (Wildman–Crippen MR) is 116 cm³/mol. The number of benzene rings is 1. The van der Waals surface area contributed by atoms with E-state index in [-0.39, 0.29) is 11.9 Å². The number of carbonyl (C=O) groups is 1. The molecule has 2 aromatic heterocycles. The Morgan fingerprint density at radius 2 is 2.03 bits per heavy atom. The first kappa shape index (κ1) is 18.7. The summed E-state index contributed by atoms with van der Waals surface area (Å²) < 4.78 is 4.84. The first-order valence-corrected chi connectivity index (χ1v) is 11.2. The Balaban J connectivity index is 1.51. The van der Waals surface area contributed by atoms with Crippen LogP contribution in [0.25, 0.3) is 10.7 Å². The Bertz CT molecular complexity index is 1100. The highest BCUT2D eigenvalue weighted by molar-refractivity contribution is 7.71. The molecule has 2 aliphatic rings. The first-order valence-electron chi connectivity index (χ1n) is 9.91. The number of amides is 1. The van der Waals surface area contributed by atoms with E-state index in [0.29, 0.717) is 25.7 Å². The number of fused-ring (bicyclic) bond motifs is 1. The van der Waals surface area contributed by atoms with Gasteiger partial charge >= 0.3 is 0 Å². The average Bonchev–Trinajstić information content (AvgIpc) is 3.32. The molecule has 1 saturated carbocycles. The molecule has 1 N–H and O–H groups in total. The smallest absolute Gasteiger partial charge is 0.237 e. The van der Waals surface area contributed by atoms with E-state index >= 15 is 0 Å². The van der Waals surface area contributed by atoms with Crippen LogP contribution in [-0.2, 0) is 24.4 Å². The number of hydrogen-bond donors (Lipinski definition) is 1. The van der Waals surface area contributed by atoms with Crippen LogP contribution in [0.1, 0.15) is 30.0 Å². The molecule has 0 bridgehead atoms. The van der Waals surface area contributed by atoms with Crippen molar-refractivity contribution >= 4 is 29.5 Å². The van der Waals surface area contributed by atoms with Gasteiger partial charge in [-0.15, -0.1) is 16.4 Å². The maximum atomic E-state index is 12.6. The summed E-state index contributed by atoms with van der Waals surface area (Å²) in [5, 5.41) is 9.79. The van der Waals surface area contributed by atoms with Gasteiger partial charge < -0.3 is 5.32 Å². The van der Waals surface area contributed by atoms with E-state index in [0.717, 1.165) is 28.3 Å². The molecule has 0 unspecified atom stereocenters. The highest BCUT2D eigenvalue weighted by Gasteiger charge is 2.33. The number of aromatic nitrogens is 3. The molecule has 8 heteroatoms. The molecule has 29 heavy (non-hydrogen) atoms. The van der Waals surface area contributed by atoms with Crippen LogP contribution in [0.5, 0.6) is 0 Å². The lowest BCUT2D eigenvalue weighted by Gasteiger charge is -2.35. The average molecular weight is 426 g/mol. The topological polar surface area (TPSA) is 55.1 Å². The molecule has 6 nitrogen and oxygen atoms in total. The van der Waals surface area contributed by atoms with Gasteiger partial charge in [0, 0.05) is 19.6 Å². The van der Waals surface area contributed by atoms with E-state index in [1.54, 1.807) is 18.4 Å². The fraction of sp³-hybridized carbons (Fsp3) is 0.381. The normalized spacial score (nSPS) is 19.1. The molecule has 1 aliphatic heterocycles. The van der Waals surface area contributed by atoms with Gasteiger partial charge in [0.15, 0.2) is 10.6 Å². The van der Waals surface area contributed by atoms with Crippen molar-refractivity contribution in [1.29, 1.82) is 0 Å². The van der Waals surface area contributed by atoms with Gasteiger partial charge in [-0.05, 0) is 54.1 Å². The van der Waals surface area contributed by atoms with Crippen LogP contribution in [0.3, 0.4) is 0 Å². The summed E-state index contributed by atoms with van der Waals surface area (Å²) in [7, 11) is 1.70. The van der Waals surface area contributed by atoms with Crippen LogP contribution >= 0.6 is 23.6 Å². The Hall–Kier alpha value is -2.29. The first-order chi connectivity index (χ1) is 14.2. The number of nitrogens with zero attached hydrogens (tertiary/aromatic N) is 4. The van der Waals surface area contributed by atoms with Crippen LogP contribution in [-0.4, -0.2) is 38.2 Å². The highest BCUT2D eigenvalue weighted by atomic mass is 32.1. The largest absolute Gasteiger partial charge is 0.358 e. The molecule has 0 saturated heterocycles. The van der Waals surface area contributed by atoms with E-state index in [1.807, 2.05) is 16.8 Å². The van der Waals surface area contributed by atoms with E-state index in [9.17, 15) is 4.79 Å². The molecule has 3 heterocycles. The third-order valence-electron chi connectivity index (χ3n) is 5.73. The minimum Gasteiger partial charge on any atom is -0.358 e. The maximum Gasteiger partial charge on any atom is 0.237 e. The number of carbonyl (C=O) groups excluding carboxylic acids is 1. The van der Waals surface area contributed by atoms with Crippen molar-refractivity contribution in [2.75, 3.05) is 7.05 Å². The summed E-state index contributed by atoms with van der Waals surface area (Å²) in [5.74, 6) is 0.979. The fourth-order valence-electron chi connectivity index (χ4n) is 4.07. The second-order valence-electron chi connectivity index (χ2n) is 7.68. The Labute approximate surface area is 178 Å². The van der Waals surface area contributed by atoms with Gasteiger partial charge in [-0.2, -0.15) is 0 Å². The van der Waals surface area contributed by atoms with Crippen LogP contribution in [0, 0.1) is 4.77 Å². The molecular weight excluding hydrogens is 402 g/mol. The highest BCUT2D eigenvalue weighted by Crippen LogP contribution is 2.39. The molecule has 150 valence electrons. The number of likely N-dealkylation sites (N-methyl/N-ethyl adjacent to an activating group) is 1. The minimum atomic E-state index is -0.229. The van der Waals surface area contributed by atoms with Crippen LogP contribution < -0.4 is 5.32 Å². The summed E-state index contributed by atoms with van der Waals surface area (Å²) >= 11 is 7.51. The van der Waals surface area contributed by atoms with Crippen molar-refractivity contribution in [1.82, 2.24) is 24.6 Å². The van der Waals surface area contributed by atoms with E-state index in [2.05, 4.69) is 44.4 Å². The zero-order valence-electron chi connectivity index (χ0n) is 16.2. The maximum absolute atomic E-state index is 12.6. The summed E-state index contributed by atoms with van der Waals surface area (Å²) in [6.45, 7) is 1.21. The van der Waals surface area contributed by atoms with Gasteiger partial charge in [0.2, 0.25) is 5.91 Å². The van der Waals surface area contributed by atoms with Crippen molar-refractivity contribution < 1.29 is 4.79 Å². The van der Waals surface area contributed by atoms with Crippen molar-refractivity contribution in [3.8, 4) is 10.7 Å². The van der Waals surface area contributed by atoms with Crippen molar-refractivity contribution in [3.63, 3.8) is 0 Å². The molecule has 0 spiro atoms. The molecule has 3 aromatic rings. The minimum absolute atomic E-state index is 0.0335. The lowest BCUT2D eigenvalue weighted by Crippen LogP contribution is -2.50. The molecule has 0 radical (unpaired) electrons. The third-order valence-corrected chi connectivity index (χ3v) is 7.01. The summed E-state index contributed by atoms with van der Waals surface area (Å²) in [6, 6.07) is 12.7. The van der Waals surface area contributed by atoms with Crippen LogP contribution in [0.15, 0.2) is 41.8 Å². The quantitative estimate of drug-likeness (QED) is 0.635. The molecule has 1 fully saturated rings. The summed E-state index contributed by atoms with van der Waals surface area (Å²) in [5.41, 5.74) is 2.50. The Kier molecular flexibility index (Phi) is 4.85. The van der Waals surface area contributed by atoms with Crippen molar-refractivity contribution in [2.45, 2.75) is 44.6 Å². The second-order valence-corrected chi connectivity index (χ2v) is 8.99. The number of thiophene rings is 1. The molecule has 1 amide bonds.